The normalized spacial score (nSPS) is 15.9. The Hall–Kier alpha value is -4.62. The zero-order valence-electron chi connectivity index (χ0n) is 23.1. The van der Waals surface area contributed by atoms with Crippen molar-refractivity contribution >= 4 is 45.0 Å². The van der Waals surface area contributed by atoms with Gasteiger partial charge < -0.3 is 4.90 Å². The molecule has 7 heteroatoms. The molecule has 41 heavy (non-hydrogen) atoms. The Morgan fingerprint density at radius 3 is 2.37 bits per heavy atom. The number of aryl methyl sites for hydroxylation is 2. The molecule has 0 N–H and O–H groups in total. The number of amides is 3. The van der Waals surface area contributed by atoms with Gasteiger partial charge in [0.25, 0.3) is 11.8 Å². The Kier molecular flexibility index (Phi) is 6.97. The quantitative estimate of drug-likeness (QED) is 0.208. The third kappa shape index (κ3) is 5.05. The lowest BCUT2D eigenvalue weighted by atomic mass is 10.0. The van der Waals surface area contributed by atoms with Gasteiger partial charge in [-0.1, -0.05) is 54.1 Å². The van der Waals surface area contributed by atoms with Gasteiger partial charge in [0.05, 0.1) is 28.4 Å². The molecule has 6 nitrogen and oxygen atoms in total. The van der Waals surface area contributed by atoms with E-state index in [1.807, 2.05) is 86.6 Å². The molecule has 0 bridgehead atoms. The maximum atomic E-state index is 13.9. The van der Waals surface area contributed by atoms with Crippen LogP contribution < -0.4 is 4.90 Å². The van der Waals surface area contributed by atoms with Crippen LogP contribution in [0.3, 0.4) is 0 Å². The molecule has 0 spiro atoms. The Morgan fingerprint density at radius 1 is 0.902 bits per heavy atom. The van der Waals surface area contributed by atoms with Crippen LogP contribution in [0, 0.1) is 13.8 Å². The van der Waals surface area contributed by atoms with Gasteiger partial charge in [0, 0.05) is 11.1 Å². The fourth-order valence-corrected chi connectivity index (χ4v) is 6.49. The molecule has 1 aliphatic heterocycles. The lowest BCUT2D eigenvalue weighted by Gasteiger charge is -2.33. The highest BCUT2D eigenvalue weighted by Gasteiger charge is 2.46. The first-order valence-corrected chi connectivity index (χ1v) is 14.4. The molecule has 5 aromatic rings. The first-order valence-electron chi connectivity index (χ1n) is 13.6. The molecule has 204 valence electrons. The molecule has 1 fully saturated rings. The Morgan fingerprint density at radius 2 is 1.63 bits per heavy atom. The zero-order chi connectivity index (χ0) is 28.7. The monoisotopic (exact) mass is 559 g/mol. The summed E-state index contributed by atoms with van der Waals surface area (Å²) in [5, 5.41) is 0.876. The van der Waals surface area contributed by atoms with Crippen molar-refractivity contribution in [2.24, 2.45) is 0 Å². The van der Waals surface area contributed by atoms with Gasteiger partial charge in [0.1, 0.15) is 11.0 Å². The van der Waals surface area contributed by atoms with Crippen molar-refractivity contribution in [3.05, 3.63) is 119 Å². The number of rotatable bonds is 6. The number of carbonyl (C=O) groups is 3. The molecule has 3 amide bonds. The van der Waals surface area contributed by atoms with Crippen LogP contribution in [0.25, 0.3) is 20.8 Å². The standard InChI is InChI=1S/C34H29N3O3S/c1-21-8-7-11-26(18-21)33(39)36(23(3)24-9-5-4-6-10-24)29-20-31(38)37(34(29)40)27-15-13-25(14-16-27)32-35-28-17-12-22(2)19-30(28)41-32/h4-19,23,29H,20H2,1-3H3. The summed E-state index contributed by atoms with van der Waals surface area (Å²) in [5.74, 6) is -1.01. The number of thiazole rings is 1. The summed E-state index contributed by atoms with van der Waals surface area (Å²) in [6, 6.07) is 29.1. The van der Waals surface area contributed by atoms with Crippen molar-refractivity contribution in [2.75, 3.05) is 4.90 Å². The molecule has 1 aromatic heterocycles. The van der Waals surface area contributed by atoms with E-state index in [1.54, 1.807) is 34.4 Å². The number of hydrogen-bond acceptors (Lipinski definition) is 5. The number of benzene rings is 4. The van der Waals surface area contributed by atoms with Crippen LogP contribution in [0.15, 0.2) is 97.1 Å². The molecular weight excluding hydrogens is 530 g/mol. The van der Waals surface area contributed by atoms with Gasteiger partial charge in [0.2, 0.25) is 5.91 Å². The number of carbonyl (C=O) groups excluding carboxylic acids is 3. The number of aromatic nitrogens is 1. The molecule has 4 aromatic carbocycles. The highest BCUT2D eigenvalue weighted by Crippen LogP contribution is 2.35. The molecule has 0 radical (unpaired) electrons. The van der Waals surface area contributed by atoms with Crippen LogP contribution in [0.2, 0.25) is 0 Å². The van der Waals surface area contributed by atoms with Crippen molar-refractivity contribution in [1.29, 1.82) is 0 Å². The van der Waals surface area contributed by atoms with E-state index in [9.17, 15) is 14.4 Å². The largest absolute Gasteiger partial charge is 0.319 e. The second-order valence-electron chi connectivity index (χ2n) is 10.5. The second kappa shape index (κ2) is 10.7. The molecule has 1 saturated heterocycles. The number of imide groups is 1. The maximum Gasteiger partial charge on any atom is 0.257 e. The first kappa shape index (κ1) is 26.6. The van der Waals surface area contributed by atoms with Gasteiger partial charge in [-0.3, -0.25) is 14.4 Å². The minimum Gasteiger partial charge on any atom is -0.319 e. The summed E-state index contributed by atoms with van der Waals surface area (Å²) in [5.41, 5.74) is 5.85. The molecule has 1 aliphatic rings. The predicted molar refractivity (Wildman–Crippen MR) is 163 cm³/mol. The summed E-state index contributed by atoms with van der Waals surface area (Å²) in [6.45, 7) is 5.88. The van der Waals surface area contributed by atoms with Gasteiger partial charge in [-0.2, -0.15) is 0 Å². The summed E-state index contributed by atoms with van der Waals surface area (Å²) < 4.78 is 1.11. The highest BCUT2D eigenvalue weighted by atomic mass is 32.1. The van der Waals surface area contributed by atoms with Crippen molar-refractivity contribution in [3.63, 3.8) is 0 Å². The van der Waals surface area contributed by atoms with Crippen LogP contribution in [0.4, 0.5) is 5.69 Å². The molecular formula is C34H29N3O3S. The zero-order valence-corrected chi connectivity index (χ0v) is 23.9. The lowest BCUT2D eigenvalue weighted by Crippen LogP contribution is -2.46. The van der Waals surface area contributed by atoms with Crippen LogP contribution in [-0.2, 0) is 9.59 Å². The van der Waals surface area contributed by atoms with Crippen molar-refractivity contribution < 1.29 is 14.4 Å². The number of anilines is 1. The minimum absolute atomic E-state index is 0.0769. The lowest BCUT2D eigenvalue weighted by molar-refractivity contribution is -0.122. The van der Waals surface area contributed by atoms with Gasteiger partial charge in [0.15, 0.2) is 0 Å². The van der Waals surface area contributed by atoms with E-state index in [4.69, 9.17) is 4.98 Å². The third-order valence-electron chi connectivity index (χ3n) is 7.57. The highest BCUT2D eigenvalue weighted by molar-refractivity contribution is 7.21. The fourth-order valence-electron chi connectivity index (χ4n) is 5.42. The molecule has 0 aliphatic carbocycles. The van der Waals surface area contributed by atoms with Crippen molar-refractivity contribution in [2.45, 2.75) is 39.3 Å². The minimum atomic E-state index is -0.919. The average molecular weight is 560 g/mol. The van der Waals surface area contributed by atoms with E-state index < -0.39 is 18.0 Å². The number of nitrogens with zero attached hydrogens (tertiary/aromatic N) is 3. The van der Waals surface area contributed by atoms with E-state index >= 15 is 0 Å². The van der Waals surface area contributed by atoms with E-state index in [1.165, 1.54) is 10.5 Å². The molecule has 2 unspecified atom stereocenters. The first-order chi connectivity index (χ1) is 19.8. The van der Waals surface area contributed by atoms with Crippen LogP contribution in [-0.4, -0.2) is 33.6 Å². The number of fused-ring (bicyclic) bond motifs is 1. The molecule has 2 heterocycles. The van der Waals surface area contributed by atoms with Gasteiger partial charge in [-0.05, 0) is 80.4 Å². The third-order valence-corrected chi connectivity index (χ3v) is 8.64. The SMILES string of the molecule is Cc1cccc(C(=O)N(C2CC(=O)N(c3ccc(-c4nc5ccc(C)cc5s4)cc3)C2=O)C(C)c2ccccc2)c1. The summed E-state index contributed by atoms with van der Waals surface area (Å²) in [4.78, 5) is 48.7. The average Bonchev–Trinajstić information content (AvgIpc) is 3.53. The Bertz CT molecular complexity index is 1780. The van der Waals surface area contributed by atoms with E-state index in [-0.39, 0.29) is 18.2 Å². The maximum absolute atomic E-state index is 13.9. The molecule has 2 atom stereocenters. The fraction of sp³-hybridized carbons (Fsp3) is 0.176. The van der Waals surface area contributed by atoms with Crippen molar-refractivity contribution in [3.8, 4) is 10.6 Å². The second-order valence-corrected chi connectivity index (χ2v) is 11.5. The van der Waals surface area contributed by atoms with E-state index in [2.05, 4.69) is 13.0 Å². The van der Waals surface area contributed by atoms with E-state index in [0.29, 0.717) is 11.3 Å². The Labute approximate surface area is 242 Å². The van der Waals surface area contributed by atoms with Gasteiger partial charge in [-0.25, -0.2) is 9.88 Å². The van der Waals surface area contributed by atoms with E-state index in [0.717, 1.165) is 31.9 Å². The van der Waals surface area contributed by atoms with Crippen LogP contribution in [0.1, 0.15) is 46.4 Å². The van der Waals surface area contributed by atoms with Crippen LogP contribution in [0.5, 0.6) is 0 Å². The van der Waals surface area contributed by atoms with Crippen LogP contribution >= 0.6 is 11.3 Å². The van der Waals surface area contributed by atoms with Gasteiger partial charge >= 0.3 is 0 Å². The summed E-state index contributed by atoms with van der Waals surface area (Å²) >= 11 is 1.61. The van der Waals surface area contributed by atoms with Crippen molar-refractivity contribution in [1.82, 2.24) is 9.88 Å². The smallest absolute Gasteiger partial charge is 0.257 e. The molecule has 0 saturated carbocycles. The predicted octanol–water partition coefficient (Wildman–Crippen LogP) is 7.12. The summed E-state index contributed by atoms with van der Waals surface area (Å²) in [7, 11) is 0. The Balaban J connectivity index is 1.31. The number of hydrogen-bond donors (Lipinski definition) is 0. The van der Waals surface area contributed by atoms with Gasteiger partial charge in [-0.15, -0.1) is 11.3 Å². The molecule has 6 rings (SSSR count). The summed E-state index contributed by atoms with van der Waals surface area (Å²) in [6.07, 6.45) is -0.0769. The topological polar surface area (TPSA) is 70.6 Å².